The molecule has 0 spiro atoms. The van der Waals surface area contributed by atoms with Crippen molar-refractivity contribution in [2.24, 2.45) is 17.3 Å². The third kappa shape index (κ3) is 1.78. The zero-order chi connectivity index (χ0) is 12.4. The molecule has 3 aliphatic rings. The highest BCUT2D eigenvalue weighted by atomic mass is 35.5. The number of halogens is 2. The zero-order valence-electron chi connectivity index (χ0n) is 10.2. The van der Waals surface area contributed by atoms with E-state index in [9.17, 15) is 4.79 Å². The van der Waals surface area contributed by atoms with Crippen LogP contribution in [0.25, 0.3) is 0 Å². The number of hydrogen-bond acceptors (Lipinski definition) is 2. The van der Waals surface area contributed by atoms with Gasteiger partial charge < -0.3 is 5.32 Å². The first-order valence-electron chi connectivity index (χ1n) is 6.23. The van der Waals surface area contributed by atoms with Gasteiger partial charge in [0.2, 0.25) is 5.91 Å². The second-order valence-corrected chi connectivity index (χ2v) is 7.57. The van der Waals surface area contributed by atoms with Crippen molar-refractivity contribution in [3.05, 3.63) is 0 Å². The highest BCUT2D eigenvalue weighted by Gasteiger charge is 2.69. The maximum absolute atomic E-state index is 11.9. The normalized spacial score (nSPS) is 44.0. The van der Waals surface area contributed by atoms with Crippen molar-refractivity contribution in [2.75, 3.05) is 19.6 Å². The number of carbonyl (C=O) groups is 1. The van der Waals surface area contributed by atoms with Gasteiger partial charge in [0, 0.05) is 37.0 Å². The van der Waals surface area contributed by atoms with E-state index in [1.807, 2.05) is 13.8 Å². The Bertz CT molecular complexity index is 346. The molecule has 3 unspecified atom stereocenters. The number of piperidine rings is 1. The number of rotatable bonds is 3. The van der Waals surface area contributed by atoms with Gasteiger partial charge >= 0.3 is 0 Å². The number of hydrogen-bond donors (Lipinski definition) is 1. The van der Waals surface area contributed by atoms with Crippen LogP contribution in [0.2, 0.25) is 0 Å². The predicted molar refractivity (Wildman–Crippen MR) is 68.2 cm³/mol. The van der Waals surface area contributed by atoms with Gasteiger partial charge in [0.15, 0.2) is 0 Å². The molecule has 1 saturated carbocycles. The molecule has 2 heterocycles. The summed E-state index contributed by atoms with van der Waals surface area (Å²) in [7, 11) is 0. The lowest BCUT2D eigenvalue weighted by Crippen LogP contribution is -2.34. The summed E-state index contributed by atoms with van der Waals surface area (Å²) in [6.45, 7) is 6.80. The fraction of sp³-hybridized carbons (Fsp3) is 0.917. The first-order valence-corrected chi connectivity index (χ1v) is 6.99. The predicted octanol–water partition coefficient (Wildman–Crippen LogP) is 1.64. The maximum Gasteiger partial charge on any atom is 0.224 e. The summed E-state index contributed by atoms with van der Waals surface area (Å²) >= 11 is 12.4. The highest BCUT2D eigenvalue weighted by Crippen LogP contribution is 2.68. The first kappa shape index (κ1) is 12.1. The molecule has 1 aliphatic carbocycles. The van der Waals surface area contributed by atoms with Gasteiger partial charge in [0.05, 0.1) is 5.92 Å². The molecule has 0 aromatic rings. The molecule has 17 heavy (non-hydrogen) atoms. The second kappa shape index (κ2) is 3.52. The third-order valence-corrected chi connectivity index (χ3v) is 6.28. The quantitative estimate of drug-likeness (QED) is 0.628. The molecule has 2 saturated heterocycles. The van der Waals surface area contributed by atoms with Gasteiger partial charge in [0.1, 0.15) is 4.33 Å². The van der Waals surface area contributed by atoms with Crippen LogP contribution in [0.5, 0.6) is 0 Å². The number of carbonyl (C=O) groups excluding carboxylic acids is 1. The zero-order valence-corrected chi connectivity index (χ0v) is 11.7. The average Bonchev–Trinajstić information content (AvgIpc) is 2.96. The summed E-state index contributed by atoms with van der Waals surface area (Å²) in [6.07, 6.45) is 1.02. The van der Waals surface area contributed by atoms with Gasteiger partial charge in [-0.1, -0.05) is 13.8 Å². The Morgan fingerprint density at radius 1 is 1.41 bits per heavy atom. The lowest BCUT2D eigenvalue weighted by Gasteiger charge is -2.12. The Hall–Kier alpha value is 0.01000. The number of amides is 1. The van der Waals surface area contributed by atoms with Crippen molar-refractivity contribution >= 4 is 29.1 Å². The Kier molecular flexibility index (Phi) is 2.50. The van der Waals surface area contributed by atoms with E-state index in [1.54, 1.807) is 0 Å². The van der Waals surface area contributed by atoms with Crippen LogP contribution in [0, 0.1) is 17.3 Å². The molecule has 2 aliphatic heterocycles. The molecule has 1 amide bonds. The fourth-order valence-corrected chi connectivity index (χ4v) is 3.89. The van der Waals surface area contributed by atoms with Crippen LogP contribution in [0.4, 0.5) is 0 Å². The third-order valence-electron chi connectivity index (χ3n) is 4.78. The van der Waals surface area contributed by atoms with Gasteiger partial charge in [-0.05, 0) is 6.42 Å². The van der Waals surface area contributed by atoms with E-state index in [2.05, 4.69) is 10.2 Å². The lowest BCUT2D eigenvalue weighted by molar-refractivity contribution is -0.124. The maximum atomic E-state index is 11.9. The first-order chi connectivity index (χ1) is 7.84. The number of nitrogens with one attached hydrogen (secondary N) is 1. The molecule has 1 N–H and O–H groups in total. The van der Waals surface area contributed by atoms with Crippen LogP contribution < -0.4 is 5.32 Å². The Labute approximate surface area is 112 Å². The molecule has 5 heteroatoms. The highest BCUT2D eigenvalue weighted by molar-refractivity contribution is 6.51. The molecule has 3 fully saturated rings. The fourth-order valence-electron chi connectivity index (χ4n) is 3.03. The van der Waals surface area contributed by atoms with E-state index in [4.69, 9.17) is 23.2 Å². The molecule has 96 valence electrons. The minimum absolute atomic E-state index is 0.0926. The summed E-state index contributed by atoms with van der Waals surface area (Å²) in [4.78, 5) is 14.3. The van der Waals surface area contributed by atoms with Crippen molar-refractivity contribution < 1.29 is 4.79 Å². The topological polar surface area (TPSA) is 32.1 Å². The van der Waals surface area contributed by atoms with Crippen molar-refractivity contribution in [1.29, 1.82) is 0 Å². The van der Waals surface area contributed by atoms with Gasteiger partial charge in [0.25, 0.3) is 0 Å². The summed E-state index contributed by atoms with van der Waals surface area (Å²) in [6, 6.07) is 0.684. The minimum atomic E-state index is -0.679. The molecule has 0 aromatic carbocycles. The van der Waals surface area contributed by atoms with Crippen molar-refractivity contribution in [1.82, 2.24) is 10.2 Å². The van der Waals surface area contributed by atoms with Crippen molar-refractivity contribution in [3.63, 3.8) is 0 Å². The average molecular weight is 277 g/mol. The number of alkyl halides is 2. The van der Waals surface area contributed by atoms with E-state index in [1.165, 1.54) is 6.54 Å². The van der Waals surface area contributed by atoms with Crippen LogP contribution in [-0.2, 0) is 4.79 Å². The monoisotopic (exact) mass is 276 g/mol. The Morgan fingerprint density at radius 3 is 2.53 bits per heavy atom. The van der Waals surface area contributed by atoms with E-state index < -0.39 is 4.33 Å². The summed E-state index contributed by atoms with van der Waals surface area (Å²) in [5.74, 6) is 0.512. The molecule has 3 rings (SSSR count). The Morgan fingerprint density at radius 2 is 2.06 bits per heavy atom. The van der Waals surface area contributed by atoms with E-state index in [0.717, 1.165) is 13.0 Å². The summed E-state index contributed by atoms with van der Waals surface area (Å²) in [5.41, 5.74) is -0.0926. The molecule has 0 aromatic heterocycles. The van der Waals surface area contributed by atoms with Crippen LogP contribution >= 0.6 is 23.2 Å². The van der Waals surface area contributed by atoms with Gasteiger partial charge in [-0.3, -0.25) is 9.69 Å². The van der Waals surface area contributed by atoms with E-state index in [0.29, 0.717) is 12.6 Å². The molecule has 4 atom stereocenters. The molecule has 3 nitrogen and oxygen atoms in total. The smallest absolute Gasteiger partial charge is 0.224 e. The molecular formula is C12H18Cl2N2O. The van der Waals surface area contributed by atoms with Crippen LogP contribution in [0.3, 0.4) is 0 Å². The van der Waals surface area contributed by atoms with Gasteiger partial charge in [-0.15, -0.1) is 23.2 Å². The Balaban J connectivity index is 1.47. The van der Waals surface area contributed by atoms with Crippen LogP contribution in [0.15, 0.2) is 0 Å². The number of nitrogens with zero attached hydrogens (tertiary/aromatic N) is 1. The molecule has 0 radical (unpaired) electrons. The number of fused-ring (bicyclic) bond motifs is 1. The van der Waals surface area contributed by atoms with E-state index >= 15 is 0 Å². The van der Waals surface area contributed by atoms with E-state index in [-0.39, 0.29) is 23.2 Å². The lowest BCUT2D eigenvalue weighted by atomic mass is 10.0. The van der Waals surface area contributed by atoms with Gasteiger partial charge in [-0.2, -0.15) is 0 Å². The molecule has 0 bridgehead atoms. The summed E-state index contributed by atoms with van der Waals surface area (Å²) in [5, 5.41) is 3.00. The van der Waals surface area contributed by atoms with Crippen molar-refractivity contribution in [2.45, 2.75) is 30.6 Å². The van der Waals surface area contributed by atoms with Gasteiger partial charge in [-0.25, -0.2) is 0 Å². The molecular weight excluding hydrogens is 259 g/mol. The summed E-state index contributed by atoms with van der Waals surface area (Å²) < 4.78 is -0.679. The minimum Gasteiger partial charge on any atom is -0.355 e. The van der Waals surface area contributed by atoms with Crippen LogP contribution in [-0.4, -0.2) is 40.8 Å². The standard InChI is InChI=1S/C12H18Cl2N2O/c1-11(2)9(12(11,13)14)4-15-10(17)7-3-8-6-16(8)5-7/h7-9H,3-6H2,1-2H3,(H,15,17)/t7?,8?,9-,16?/m1/s1. The van der Waals surface area contributed by atoms with Crippen LogP contribution in [0.1, 0.15) is 20.3 Å². The SMILES string of the molecule is CC1(C)[C@@H](CNC(=O)C2CC3CN3C2)C1(Cl)Cl. The second-order valence-electron chi connectivity index (χ2n) is 6.18. The van der Waals surface area contributed by atoms with Crippen molar-refractivity contribution in [3.8, 4) is 0 Å². The largest absolute Gasteiger partial charge is 0.355 e.